The minimum Gasteiger partial charge on any atom is -0.493 e. The number of hydrogen-bond acceptors (Lipinski definition) is 5. The summed E-state index contributed by atoms with van der Waals surface area (Å²) in [6.07, 6.45) is 0.520. The number of ether oxygens (including phenoxy) is 1. The third-order valence-electron chi connectivity index (χ3n) is 5.05. The second-order valence-electron chi connectivity index (χ2n) is 6.88. The van der Waals surface area contributed by atoms with Gasteiger partial charge in [-0.2, -0.15) is 5.10 Å². The van der Waals surface area contributed by atoms with Crippen LogP contribution in [0.3, 0.4) is 0 Å². The SMILES string of the molecule is CC(=O)N1N=C(c2cc(F)ccc2Cl)SC12c1cc(F)ccc1OCC2CCN. The van der Waals surface area contributed by atoms with E-state index in [-0.39, 0.29) is 18.4 Å². The van der Waals surface area contributed by atoms with E-state index in [1.54, 1.807) is 0 Å². The average Bonchev–Trinajstić information content (AvgIpc) is 3.08. The van der Waals surface area contributed by atoms with E-state index in [0.29, 0.717) is 39.9 Å². The molecule has 0 saturated carbocycles. The fourth-order valence-electron chi connectivity index (χ4n) is 3.79. The number of nitrogens with two attached hydrogens (primary N) is 1. The summed E-state index contributed by atoms with van der Waals surface area (Å²) in [5.41, 5.74) is 6.69. The van der Waals surface area contributed by atoms with Gasteiger partial charge in [0, 0.05) is 24.0 Å². The molecular formula is C20H18ClF2N3O2S. The summed E-state index contributed by atoms with van der Waals surface area (Å²) in [5, 5.41) is 6.50. The Kier molecular flexibility index (Phi) is 5.27. The number of hydrazone groups is 1. The Labute approximate surface area is 175 Å². The van der Waals surface area contributed by atoms with E-state index in [9.17, 15) is 13.6 Å². The number of halogens is 3. The van der Waals surface area contributed by atoms with Gasteiger partial charge in [-0.25, -0.2) is 13.8 Å². The lowest BCUT2D eigenvalue weighted by atomic mass is 9.86. The van der Waals surface area contributed by atoms with Crippen LogP contribution in [0.15, 0.2) is 41.5 Å². The monoisotopic (exact) mass is 437 g/mol. The van der Waals surface area contributed by atoms with Gasteiger partial charge in [0.1, 0.15) is 22.4 Å². The standard InChI is InChI=1S/C20H18ClF2N3O2S/c1-11(27)26-20(29-19(25-26)15-8-13(22)2-4-17(15)21)12(6-7-24)10-28-18-5-3-14(23)9-16(18)20/h2-5,8-9,12H,6-7,10,24H2,1H3. The zero-order valence-electron chi connectivity index (χ0n) is 15.5. The Morgan fingerprint density at radius 1 is 1.34 bits per heavy atom. The molecule has 0 aliphatic carbocycles. The van der Waals surface area contributed by atoms with Gasteiger partial charge in [0.15, 0.2) is 4.87 Å². The molecule has 2 aromatic rings. The van der Waals surface area contributed by atoms with Crippen LogP contribution in [0.5, 0.6) is 5.75 Å². The molecule has 2 aliphatic rings. The van der Waals surface area contributed by atoms with Crippen LogP contribution in [-0.2, 0) is 9.67 Å². The van der Waals surface area contributed by atoms with Crippen molar-refractivity contribution in [2.45, 2.75) is 18.2 Å². The van der Waals surface area contributed by atoms with Gasteiger partial charge in [-0.3, -0.25) is 4.79 Å². The molecule has 2 N–H and O–H groups in total. The van der Waals surface area contributed by atoms with Crippen molar-refractivity contribution in [3.05, 3.63) is 64.2 Å². The van der Waals surface area contributed by atoms with E-state index < -0.39 is 16.5 Å². The smallest absolute Gasteiger partial charge is 0.241 e. The minimum absolute atomic E-state index is 0.260. The van der Waals surface area contributed by atoms with Crippen LogP contribution < -0.4 is 10.5 Å². The lowest BCUT2D eigenvalue weighted by molar-refractivity contribution is -0.134. The van der Waals surface area contributed by atoms with E-state index in [1.165, 1.54) is 60.1 Å². The van der Waals surface area contributed by atoms with Gasteiger partial charge in [-0.05, 0) is 49.4 Å². The molecule has 2 aliphatic heterocycles. The fourth-order valence-corrected chi connectivity index (χ4v) is 5.62. The Morgan fingerprint density at radius 2 is 2.07 bits per heavy atom. The number of amides is 1. The number of rotatable bonds is 3. The van der Waals surface area contributed by atoms with E-state index in [1.807, 2.05) is 0 Å². The highest BCUT2D eigenvalue weighted by atomic mass is 35.5. The summed E-state index contributed by atoms with van der Waals surface area (Å²) >= 11 is 7.53. The topological polar surface area (TPSA) is 67.9 Å². The average molecular weight is 438 g/mol. The molecule has 152 valence electrons. The number of fused-ring (bicyclic) bond motifs is 2. The van der Waals surface area contributed by atoms with Gasteiger partial charge < -0.3 is 10.5 Å². The molecule has 2 unspecified atom stereocenters. The number of hydrogen-bond donors (Lipinski definition) is 1. The molecule has 0 fully saturated rings. The van der Waals surface area contributed by atoms with Crippen LogP contribution in [0.25, 0.3) is 0 Å². The highest BCUT2D eigenvalue weighted by Gasteiger charge is 2.56. The molecule has 1 amide bonds. The largest absolute Gasteiger partial charge is 0.493 e. The number of benzene rings is 2. The van der Waals surface area contributed by atoms with Gasteiger partial charge in [0.05, 0.1) is 11.6 Å². The van der Waals surface area contributed by atoms with Crippen molar-refractivity contribution >= 4 is 34.3 Å². The van der Waals surface area contributed by atoms with Crippen molar-refractivity contribution in [2.24, 2.45) is 16.8 Å². The van der Waals surface area contributed by atoms with Crippen molar-refractivity contribution in [3.8, 4) is 5.75 Å². The Balaban J connectivity index is 1.91. The highest BCUT2D eigenvalue weighted by molar-refractivity contribution is 8.15. The zero-order chi connectivity index (χ0) is 20.8. The maximum atomic E-state index is 14.2. The molecule has 0 saturated heterocycles. The number of carbonyl (C=O) groups excluding carboxylic acids is 1. The van der Waals surface area contributed by atoms with Crippen LogP contribution in [-0.4, -0.2) is 29.1 Å². The quantitative estimate of drug-likeness (QED) is 0.785. The van der Waals surface area contributed by atoms with Crippen molar-refractivity contribution in [2.75, 3.05) is 13.2 Å². The second-order valence-corrected chi connectivity index (χ2v) is 8.50. The van der Waals surface area contributed by atoms with Crippen LogP contribution in [0.4, 0.5) is 8.78 Å². The van der Waals surface area contributed by atoms with Crippen LogP contribution in [0, 0.1) is 17.6 Å². The molecule has 2 aromatic carbocycles. The molecule has 29 heavy (non-hydrogen) atoms. The molecular weight excluding hydrogens is 420 g/mol. The third-order valence-corrected chi connectivity index (χ3v) is 6.91. The molecule has 5 nitrogen and oxygen atoms in total. The van der Waals surface area contributed by atoms with Crippen molar-refractivity contribution in [1.82, 2.24) is 5.01 Å². The Morgan fingerprint density at radius 3 is 2.79 bits per heavy atom. The lowest BCUT2D eigenvalue weighted by Gasteiger charge is -2.45. The first kappa shape index (κ1) is 20.1. The number of carbonyl (C=O) groups is 1. The normalized spacial score (nSPS) is 23.0. The van der Waals surface area contributed by atoms with Gasteiger partial charge in [0.2, 0.25) is 5.91 Å². The molecule has 2 atom stereocenters. The van der Waals surface area contributed by atoms with E-state index in [2.05, 4.69) is 5.10 Å². The van der Waals surface area contributed by atoms with E-state index in [0.717, 1.165) is 0 Å². The minimum atomic E-state index is -1.06. The van der Waals surface area contributed by atoms with Crippen molar-refractivity contribution in [1.29, 1.82) is 0 Å². The first-order valence-corrected chi connectivity index (χ1v) is 10.2. The summed E-state index contributed by atoms with van der Waals surface area (Å²) in [5.74, 6) is -1.05. The van der Waals surface area contributed by atoms with E-state index >= 15 is 0 Å². The van der Waals surface area contributed by atoms with Gasteiger partial charge in [0.25, 0.3) is 0 Å². The number of nitrogens with zero attached hydrogens (tertiary/aromatic N) is 2. The van der Waals surface area contributed by atoms with E-state index in [4.69, 9.17) is 22.1 Å². The summed E-state index contributed by atoms with van der Waals surface area (Å²) in [6.45, 7) is 2.02. The molecule has 0 bridgehead atoms. The summed E-state index contributed by atoms with van der Waals surface area (Å²) in [4.78, 5) is 11.6. The van der Waals surface area contributed by atoms with Crippen LogP contribution in [0.2, 0.25) is 5.02 Å². The van der Waals surface area contributed by atoms with Gasteiger partial charge in [-0.15, -0.1) is 0 Å². The maximum absolute atomic E-state index is 14.2. The summed E-state index contributed by atoms with van der Waals surface area (Å²) in [7, 11) is 0. The third kappa shape index (κ3) is 3.29. The molecule has 0 radical (unpaired) electrons. The zero-order valence-corrected chi connectivity index (χ0v) is 17.1. The molecule has 0 aromatic heterocycles. The maximum Gasteiger partial charge on any atom is 0.241 e. The molecule has 1 spiro atoms. The Bertz CT molecular complexity index is 1020. The predicted octanol–water partition coefficient (Wildman–Crippen LogP) is 4.09. The van der Waals surface area contributed by atoms with Crippen molar-refractivity contribution < 1.29 is 18.3 Å². The van der Waals surface area contributed by atoms with Crippen molar-refractivity contribution in [3.63, 3.8) is 0 Å². The molecule has 4 rings (SSSR count). The second kappa shape index (κ2) is 7.59. The lowest BCUT2D eigenvalue weighted by Crippen LogP contribution is -2.51. The fraction of sp³-hybridized carbons (Fsp3) is 0.300. The first-order valence-electron chi connectivity index (χ1n) is 9.03. The first-order chi connectivity index (χ1) is 13.9. The highest BCUT2D eigenvalue weighted by Crippen LogP contribution is 2.57. The molecule has 2 heterocycles. The van der Waals surface area contributed by atoms with Crippen LogP contribution in [0.1, 0.15) is 24.5 Å². The van der Waals surface area contributed by atoms with Gasteiger partial charge in [-0.1, -0.05) is 23.4 Å². The molecule has 9 heteroatoms. The summed E-state index contributed by atoms with van der Waals surface area (Å²) < 4.78 is 33.9. The predicted molar refractivity (Wildman–Crippen MR) is 109 cm³/mol. The number of thioether (sulfide) groups is 1. The summed E-state index contributed by atoms with van der Waals surface area (Å²) in [6, 6.07) is 8.16. The van der Waals surface area contributed by atoms with Gasteiger partial charge >= 0.3 is 0 Å². The van der Waals surface area contributed by atoms with Crippen LogP contribution >= 0.6 is 23.4 Å². The Hall–Kier alpha value is -2.16.